The van der Waals surface area contributed by atoms with Gasteiger partial charge in [-0.3, -0.25) is 14.6 Å². The third-order valence-corrected chi connectivity index (χ3v) is 7.78. The van der Waals surface area contributed by atoms with Crippen LogP contribution in [0.5, 0.6) is 0 Å². The first-order valence-corrected chi connectivity index (χ1v) is 12.5. The fraction of sp³-hybridized carbons (Fsp3) is 0.414. The molecule has 3 aromatic rings. The molecule has 5 rings (SSSR count). The van der Waals surface area contributed by atoms with Crippen LogP contribution in [-0.4, -0.2) is 52.8 Å². The van der Waals surface area contributed by atoms with Gasteiger partial charge in [0.25, 0.3) is 0 Å². The van der Waals surface area contributed by atoms with Gasteiger partial charge in [-0.25, -0.2) is 0 Å². The number of hydrogen-bond acceptors (Lipinski definition) is 3. The largest absolute Gasteiger partial charge is 0.341 e. The Morgan fingerprint density at radius 3 is 2.35 bits per heavy atom. The van der Waals surface area contributed by atoms with E-state index in [1.54, 1.807) is 6.92 Å². The number of aromatic nitrogens is 1. The number of pyridine rings is 1. The van der Waals surface area contributed by atoms with Crippen molar-refractivity contribution in [3.05, 3.63) is 78.1 Å². The lowest BCUT2D eigenvalue weighted by atomic mass is 9.77. The van der Waals surface area contributed by atoms with Gasteiger partial charge in [-0.2, -0.15) is 0 Å². The second-order valence-electron chi connectivity index (χ2n) is 9.96. The van der Waals surface area contributed by atoms with Crippen molar-refractivity contribution >= 4 is 22.6 Å². The van der Waals surface area contributed by atoms with E-state index in [4.69, 9.17) is 0 Å². The zero-order chi connectivity index (χ0) is 23.5. The first kappa shape index (κ1) is 22.6. The molecule has 0 N–H and O–H groups in total. The maximum absolute atomic E-state index is 14.2. The van der Waals surface area contributed by atoms with Gasteiger partial charge in [0.15, 0.2) is 0 Å². The van der Waals surface area contributed by atoms with Crippen LogP contribution in [0.1, 0.15) is 43.7 Å². The molecule has 2 fully saturated rings. The van der Waals surface area contributed by atoms with E-state index in [2.05, 4.69) is 40.2 Å². The molecule has 0 radical (unpaired) electrons. The van der Waals surface area contributed by atoms with Crippen LogP contribution in [0, 0.1) is 5.92 Å². The average Bonchev–Trinajstić information content (AvgIpc) is 3.27. The minimum Gasteiger partial charge on any atom is -0.341 e. The molecule has 2 amide bonds. The summed E-state index contributed by atoms with van der Waals surface area (Å²) in [6.45, 7) is 4.16. The first-order valence-electron chi connectivity index (χ1n) is 12.5. The van der Waals surface area contributed by atoms with Crippen molar-refractivity contribution in [1.82, 2.24) is 14.8 Å². The lowest BCUT2D eigenvalue weighted by molar-refractivity contribution is -0.138. The fourth-order valence-corrected chi connectivity index (χ4v) is 6.02. The Hall–Kier alpha value is -3.21. The molecule has 2 heterocycles. The van der Waals surface area contributed by atoms with E-state index in [0.717, 1.165) is 43.1 Å². The fourth-order valence-electron chi connectivity index (χ4n) is 6.02. The molecule has 34 heavy (non-hydrogen) atoms. The van der Waals surface area contributed by atoms with Crippen LogP contribution < -0.4 is 0 Å². The van der Waals surface area contributed by atoms with Gasteiger partial charge in [-0.15, -0.1) is 0 Å². The summed E-state index contributed by atoms with van der Waals surface area (Å²) in [5, 5.41) is 2.32. The van der Waals surface area contributed by atoms with Crippen LogP contribution >= 0.6 is 0 Å². The summed E-state index contributed by atoms with van der Waals surface area (Å²) in [7, 11) is 0. The lowest BCUT2D eigenvalue weighted by Gasteiger charge is -2.35. The molecular formula is C29H33N3O2. The molecule has 0 spiro atoms. The summed E-state index contributed by atoms with van der Waals surface area (Å²) >= 11 is 0. The number of fused-ring (bicyclic) bond motifs is 1. The minimum atomic E-state index is -0.432. The van der Waals surface area contributed by atoms with Crippen molar-refractivity contribution < 1.29 is 9.59 Å². The Labute approximate surface area is 201 Å². The van der Waals surface area contributed by atoms with Crippen LogP contribution in [-0.2, 0) is 21.4 Å². The number of amides is 2. The van der Waals surface area contributed by atoms with Crippen molar-refractivity contribution in [1.29, 1.82) is 0 Å². The van der Waals surface area contributed by atoms with Gasteiger partial charge in [-0.1, -0.05) is 67.4 Å². The number of benzene rings is 2. The minimum absolute atomic E-state index is 0.0778. The molecule has 5 heteroatoms. The van der Waals surface area contributed by atoms with E-state index in [1.807, 2.05) is 41.6 Å². The molecule has 1 aromatic heterocycles. The van der Waals surface area contributed by atoms with Gasteiger partial charge in [0.05, 0.1) is 5.41 Å². The van der Waals surface area contributed by atoms with Crippen molar-refractivity contribution in [2.24, 2.45) is 5.92 Å². The highest BCUT2D eigenvalue weighted by Gasteiger charge is 2.45. The van der Waals surface area contributed by atoms with E-state index in [1.165, 1.54) is 10.9 Å². The van der Waals surface area contributed by atoms with Crippen LogP contribution in [0.25, 0.3) is 10.8 Å². The molecule has 2 aliphatic rings. The summed E-state index contributed by atoms with van der Waals surface area (Å²) in [4.78, 5) is 35.0. The third kappa shape index (κ3) is 4.31. The maximum Gasteiger partial charge on any atom is 0.233 e. The zero-order valence-electron chi connectivity index (χ0n) is 20.0. The van der Waals surface area contributed by atoms with E-state index in [-0.39, 0.29) is 17.7 Å². The zero-order valence-corrected chi connectivity index (χ0v) is 20.0. The molecule has 1 atom stereocenters. The predicted octanol–water partition coefficient (Wildman–Crippen LogP) is 4.60. The molecule has 0 bridgehead atoms. The molecule has 1 saturated carbocycles. The van der Waals surface area contributed by atoms with Gasteiger partial charge in [0.2, 0.25) is 11.8 Å². The molecule has 1 aliphatic heterocycles. The van der Waals surface area contributed by atoms with E-state index in [9.17, 15) is 9.59 Å². The Kier molecular flexibility index (Phi) is 6.36. The van der Waals surface area contributed by atoms with Gasteiger partial charge in [0.1, 0.15) is 0 Å². The van der Waals surface area contributed by atoms with Gasteiger partial charge < -0.3 is 9.80 Å². The Bertz CT molecular complexity index is 1160. The number of carbonyl (C=O) groups is 2. The van der Waals surface area contributed by atoms with Gasteiger partial charge in [-0.05, 0) is 41.7 Å². The number of rotatable bonds is 4. The van der Waals surface area contributed by atoms with Gasteiger partial charge in [0, 0.05) is 50.9 Å². The number of hydrogen-bond donors (Lipinski definition) is 0. The average molecular weight is 456 g/mol. The highest BCUT2D eigenvalue weighted by molar-refractivity contribution is 5.89. The van der Waals surface area contributed by atoms with Gasteiger partial charge >= 0.3 is 0 Å². The summed E-state index contributed by atoms with van der Waals surface area (Å²) in [5.41, 5.74) is 1.89. The van der Waals surface area contributed by atoms with Crippen LogP contribution in [0.4, 0.5) is 0 Å². The highest BCUT2D eigenvalue weighted by Crippen LogP contribution is 2.43. The normalized spacial score (nSPS) is 20.3. The Morgan fingerprint density at radius 1 is 0.912 bits per heavy atom. The quantitative estimate of drug-likeness (QED) is 0.578. The topological polar surface area (TPSA) is 53.5 Å². The maximum atomic E-state index is 14.2. The standard InChI is InChI=1S/C29H33N3O2/c1-22(33)31-15-16-32(28(34)29(13-7-8-14-29)26-10-3-2-4-11-26)21-23(20-31)17-25-19-30-18-24-9-5-6-12-27(24)25/h2-6,9-12,18-19,23H,7-8,13-17,20-21H2,1H3. The van der Waals surface area contributed by atoms with Crippen LogP contribution in [0.2, 0.25) is 0 Å². The highest BCUT2D eigenvalue weighted by atomic mass is 16.2. The molecule has 176 valence electrons. The Morgan fingerprint density at radius 2 is 1.59 bits per heavy atom. The lowest BCUT2D eigenvalue weighted by Crippen LogP contribution is -2.48. The first-order chi connectivity index (χ1) is 16.6. The van der Waals surface area contributed by atoms with Crippen molar-refractivity contribution in [2.75, 3.05) is 26.2 Å². The summed E-state index contributed by atoms with van der Waals surface area (Å²) in [6, 6.07) is 18.6. The molecule has 1 aliphatic carbocycles. The Balaban J connectivity index is 1.45. The second kappa shape index (κ2) is 9.57. The smallest absolute Gasteiger partial charge is 0.233 e. The van der Waals surface area contributed by atoms with E-state index < -0.39 is 5.41 Å². The second-order valence-corrected chi connectivity index (χ2v) is 9.96. The molecule has 1 saturated heterocycles. The van der Waals surface area contributed by atoms with Crippen molar-refractivity contribution in [3.8, 4) is 0 Å². The monoisotopic (exact) mass is 455 g/mol. The number of nitrogens with zero attached hydrogens (tertiary/aromatic N) is 3. The molecular weight excluding hydrogens is 422 g/mol. The summed E-state index contributed by atoms with van der Waals surface area (Å²) in [5.74, 6) is 0.480. The van der Waals surface area contributed by atoms with E-state index in [0.29, 0.717) is 26.2 Å². The van der Waals surface area contributed by atoms with E-state index >= 15 is 0 Å². The summed E-state index contributed by atoms with van der Waals surface area (Å²) in [6.07, 6.45) is 8.60. The van der Waals surface area contributed by atoms with Crippen LogP contribution in [0.3, 0.4) is 0 Å². The number of carbonyl (C=O) groups excluding carboxylic acids is 2. The summed E-state index contributed by atoms with van der Waals surface area (Å²) < 4.78 is 0. The molecule has 5 nitrogen and oxygen atoms in total. The predicted molar refractivity (Wildman–Crippen MR) is 134 cm³/mol. The SMILES string of the molecule is CC(=O)N1CCN(C(=O)C2(c3ccccc3)CCCC2)CC(Cc2cncc3ccccc23)C1. The third-order valence-electron chi connectivity index (χ3n) is 7.78. The van der Waals surface area contributed by atoms with Crippen molar-refractivity contribution in [2.45, 2.75) is 44.4 Å². The molecule has 1 unspecified atom stereocenters. The van der Waals surface area contributed by atoms with Crippen LogP contribution in [0.15, 0.2) is 67.0 Å². The molecule has 2 aromatic carbocycles. The van der Waals surface area contributed by atoms with Crippen molar-refractivity contribution in [3.63, 3.8) is 0 Å².